The molecule has 0 radical (unpaired) electrons. The number of likely N-dealkylation sites (tertiary alicyclic amines) is 1. The molecule has 2 fully saturated rings. The van der Waals surface area contributed by atoms with Gasteiger partial charge in [0, 0.05) is 50.8 Å². The minimum Gasteiger partial charge on any atom is -0.355 e. The average molecular weight is 309 g/mol. The molecule has 2 aromatic heterocycles. The number of aryl methyl sites for hydroxylation is 1. The molecule has 2 aliphatic heterocycles. The standard InChI is InChI=1S/C18H23N5/c1-14-3-2-4-17(21-14)13-22-10-15-5-8-23(12-16(15)11-22)18-9-19-6-7-20-18/h2-4,6-7,9,15-16H,5,8,10-13H2,1H3/t15-,16-/m1/s1. The van der Waals surface area contributed by atoms with E-state index in [-0.39, 0.29) is 0 Å². The van der Waals surface area contributed by atoms with Gasteiger partial charge in [0.2, 0.25) is 0 Å². The first-order chi connectivity index (χ1) is 11.3. The molecule has 2 aromatic rings. The largest absolute Gasteiger partial charge is 0.355 e. The van der Waals surface area contributed by atoms with Crippen LogP contribution in [-0.4, -0.2) is 46.0 Å². The zero-order valence-corrected chi connectivity index (χ0v) is 13.6. The predicted octanol–water partition coefficient (Wildman–Crippen LogP) is 2.14. The van der Waals surface area contributed by atoms with Crippen LogP contribution in [-0.2, 0) is 6.54 Å². The molecule has 5 heteroatoms. The third-order valence-electron chi connectivity index (χ3n) is 5.08. The van der Waals surface area contributed by atoms with E-state index in [0.717, 1.165) is 49.5 Å². The number of nitrogens with zero attached hydrogens (tertiary/aromatic N) is 5. The van der Waals surface area contributed by atoms with E-state index in [1.807, 2.05) is 6.20 Å². The summed E-state index contributed by atoms with van der Waals surface area (Å²) in [5.41, 5.74) is 2.29. The Labute approximate surface area is 137 Å². The van der Waals surface area contributed by atoms with Crippen LogP contribution in [0.25, 0.3) is 0 Å². The Balaban J connectivity index is 1.40. The highest BCUT2D eigenvalue weighted by molar-refractivity contribution is 5.36. The van der Waals surface area contributed by atoms with Gasteiger partial charge in [-0.1, -0.05) is 6.07 Å². The van der Waals surface area contributed by atoms with Crippen molar-refractivity contribution in [1.29, 1.82) is 0 Å². The third kappa shape index (κ3) is 3.20. The van der Waals surface area contributed by atoms with E-state index in [1.165, 1.54) is 18.7 Å². The number of piperidine rings is 1. The van der Waals surface area contributed by atoms with Gasteiger partial charge in [-0.2, -0.15) is 0 Å². The highest BCUT2D eigenvalue weighted by Crippen LogP contribution is 2.33. The molecule has 0 saturated carbocycles. The topological polar surface area (TPSA) is 45.2 Å². The van der Waals surface area contributed by atoms with Gasteiger partial charge in [0.05, 0.1) is 11.9 Å². The van der Waals surface area contributed by atoms with E-state index >= 15 is 0 Å². The van der Waals surface area contributed by atoms with Crippen molar-refractivity contribution in [3.63, 3.8) is 0 Å². The summed E-state index contributed by atoms with van der Waals surface area (Å²) in [6.45, 7) is 7.59. The van der Waals surface area contributed by atoms with Crippen molar-refractivity contribution in [1.82, 2.24) is 19.9 Å². The summed E-state index contributed by atoms with van der Waals surface area (Å²) in [5, 5.41) is 0. The molecule has 4 heterocycles. The lowest BCUT2D eigenvalue weighted by Crippen LogP contribution is -2.40. The zero-order chi connectivity index (χ0) is 15.6. The summed E-state index contributed by atoms with van der Waals surface area (Å²) in [7, 11) is 0. The minimum absolute atomic E-state index is 0.732. The summed E-state index contributed by atoms with van der Waals surface area (Å²) < 4.78 is 0. The molecule has 120 valence electrons. The van der Waals surface area contributed by atoms with Crippen LogP contribution in [0.2, 0.25) is 0 Å². The van der Waals surface area contributed by atoms with E-state index in [2.05, 4.69) is 49.9 Å². The maximum Gasteiger partial charge on any atom is 0.147 e. The molecule has 0 aliphatic carbocycles. The average Bonchev–Trinajstić information content (AvgIpc) is 2.97. The highest BCUT2D eigenvalue weighted by Gasteiger charge is 2.37. The molecular weight excluding hydrogens is 286 g/mol. The molecule has 5 nitrogen and oxygen atoms in total. The van der Waals surface area contributed by atoms with Gasteiger partial charge >= 0.3 is 0 Å². The lowest BCUT2D eigenvalue weighted by atomic mass is 9.89. The SMILES string of the molecule is Cc1cccc(CN2C[C@H]3CCN(c4cnccn4)C[C@H]3C2)n1. The monoisotopic (exact) mass is 309 g/mol. The molecule has 0 unspecified atom stereocenters. The van der Waals surface area contributed by atoms with Gasteiger partial charge < -0.3 is 4.90 Å². The van der Waals surface area contributed by atoms with Crippen LogP contribution >= 0.6 is 0 Å². The minimum atomic E-state index is 0.732. The summed E-state index contributed by atoms with van der Waals surface area (Å²) in [4.78, 5) is 18.3. The molecule has 0 amide bonds. The number of fused-ring (bicyclic) bond motifs is 1. The fourth-order valence-corrected chi connectivity index (χ4v) is 3.97. The summed E-state index contributed by atoms with van der Waals surface area (Å²) >= 11 is 0. The number of aromatic nitrogens is 3. The van der Waals surface area contributed by atoms with Crippen LogP contribution in [0.1, 0.15) is 17.8 Å². The van der Waals surface area contributed by atoms with E-state index in [9.17, 15) is 0 Å². The van der Waals surface area contributed by atoms with Gasteiger partial charge in [-0.05, 0) is 37.3 Å². The second kappa shape index (κ2) is 6.24. The molecular formula is C18H23N5. The van der Waals surface area contributed by atoms with Gasteiger partial charge in [-0.3, -0.25) is 14.9 Å². The van der Waals surface area contributed by atoms with Crippen molar-refractivity contribution in [2.24, 2.45) is 11.8 Å². The first kappa shape index (κ1) is 14.6. The Bertz CT molecular complexity index is 659. The molecule has 23 heavy (non-hydrogen) atoms. The molecule has 0 spiro atoms. The number of pyridine rings is 1. The number of rotatable bonds is 3. The maximum atomic E-state index is 4.65. The van der Waals surface area contributed by atoms with Crippen LogP contribution < -0.4 is 4.90 Å². The molecule has 4 rings (SSSR count). The van der Waals surface area contributed by atoms with Crippen molar-refractivity contribution in [3.05, 3.63) is 48.2 Å². The maximum absolute atomic E-state index is 4.65. The first-order valence-electron chi connectivity index (χ1n) is 8.44. The van der Waals surface area contributed by atoms with Gasteiger partial charge in [-0.15, -0.1) is 0 Å². The fraction of sp³-hybridized carbons (Fsp3) is 0.500. The second-order valence-corrected chi connectivity index (χ2v) is 6.78. The summed E-state index contributed by atoms with van der Waals surface area (Å²) in [6, 6.07) is 6.31. The first-order valence-corrected chi connectivity index (χ1v) is 8.44. The lowest BCUT2D eigenvalue weighted by molar-refractivity contribution is 0.310. The van der Waals surface area contributed by atoms with Crippen LogP contribution in [0.5, 0.6) is 0 Å². The van der Waals surface area contributed by atoms with Crippen molar-refractivity contribution >= 4 is 5.82 Å². The predicted molar refractivity (Wildman–Crippen MR) is 90.1 cm³/mol. The zero-order valence-electron chi connectivity index (χ0n) is 13.6. The molecule has 2 atom stereocenters. The quantitative estimate of drug-likeness (QED) is 0.869. The lowest BCUT2D eigenvalue weighted by Gasteiger charge is -2.34. The van der Waals surface area contributed by atoms with Crippen LogP contribution in [0, 0.1) is 18.8 Å². The normalized spacial score (nSPS) is 24.7. The van der Waals surface area contributed by atoms with E-state index in [4.69, 9.17) is 0 Å². The van der Waals surface area contributed by atoms with Crippen molar-refractivity contribution < 1.29 is 0 Å². The van der Waals surface area contributed by atoms with Crippen LogP contribution in [0.3, 0.4) is 0 Å². The van der Waals surface area contributed by atoms with Gasteiger partial charge in [0.15, 0.2) is 0 Å². The van der Waals surface area contributed by atoms with E-state index < -0.39 is 0 Å². The summed E-state index contributed by atoms with van der Waals surface area (Å²) in [5.74, 6) is 2.56. The van der Waals surface area contributed by atoms with Crippen molar-refractivity contribution in [3.8, 4) is 0 Å². The third-order valence-corrected chi connectivity index (χ3v) is 5.08. The Hall–Kier alpha value is -2.01. The van der Waals surface area contributed by atoms with Crippen molar-refractivity contribution in [2.75, 3.05) is 31.1 Å². The smallest absolute Gasteiger partial charge is 0.147 e. The van der Waals surface area contributed by atoms with Gasteiger partial charge in [0.25, 0.3) is 0 Å². The van der Waals surface area contributed by atoms with Gasteiger partial charge in [-0.25, -0.2) is 4.98 Å². The van der Waals surface area contributed by atoms with Gasteiger partial charge in [0.1, 0.15) is 5.82 Å². The Morgan fingerprint density at radius 2 is 2.04 bits per heavy atom. The Morgan fingerprint density at radius 3 is 2.87 bits per heavy atom. The molecule has 2 saturated heterocycles. The highest BCUT2D eigenvalue weighted by atomic mass is 15.2. The molecule has 0 N–H and O–H groups in total. The van der Waals surface area contributed by atoms with Crippen LogP contribution in [0.4, 0.5) is 5.82 Å². The number of anilines is 1. The number of hydrogen-bond donors (Lipinski definition) is 0. The second-order valence-electron chi connectivity index (χ2n) is 6.78. The van der Waals surface area contributed by atoms with Crippen LogP contribution in [0.15, 0.2) is 36.8 Å². The Kier molecular flexibility index (Phi) is 3.95. The summed E-state index contributed by atoms with van der Waals surface area (Å²) in [6.07, 6.45) is 6.65. The fourth-order valence-electron chi connectivity index (χ4n) is 3.97. The molecule has 0 bridgehead atoms. The van der Waals surface area contributed by atoms with Crippen molar-refractivity contribution in [2.45, 2.75) is 19.9 Å². The number of hydrogen-bond acceptors (Lipinski definition) is 5. The van der Waals surface area contributed by atoms with E-state index in [0.29, 0.717) is 0 Å². The Morgan fingerprint density at radius 1 is 1.13 bits per heavy atom. The van der Waals surface area contributed by atoms with E-state index in [1.54, 1.807) is 12.4 Å². The molecule has 2 aliphatic rings. The molecule has 0 aromatic carbocycles.